The predicted octanol–water partition coefficient (Wildman–Crippen LogP) is 2.35. The van der Waals surface area contributed by atoms with Crippen LogP contribution in [-0.2, 0) is 0 Å². The Morgan fingerprint density at radius 2 is 2.15 bits per heavy atom. The number of thiophene rings is 1. The largest absolute Gasteiger partial charge is 0.495 e. The summed E-state index contributed by atoms with van der Waals surface area (Å²) >= 11 is 1.28. The van der Waals surface area contributed by atoms with Crippen molar-refractivity contribution < 1.29 is 14.6 Å². The van der Waals surface area contributed by atoms with Gasteiger partial charge in [0.2, 0.25) is 0 Å². The molecule has 0 aliphatic heterocycles. The van der Waals surface area contributed by atoms with Crippen LogP contribution in [-0.4, -0.2) is 24.7 Å². The van der Waals surface area contributed by atoms with Crippen LogP contribution in [0.1, 0.15) is 14.5 Å². The summed E-state index contributed by atoms with van der Waals surface area (Å²) < 4.78 is 5.18. The van der Waals surface area contributed by atoms with Crippen LogP contribution in [0.25, 0.3) is 0 Å². The van der Waals surface area contributed by atoms with Crippen LogP contribution >= 0.6 is 11.3 Å². The zero-order valence-corrected chi connectivity index (χ0v) is 11.7. The van der Waals surface area contributed by atoms with Crippen molar-refractivity contribution in [2.75, 3.05) is 19.0 Å². The first kappa shape index (κ1) is 14.1. The smallest absolute Gasteiger partial charge is 0.265 e. The number of hydrogen-bond donors (Lipinski definition) is 2. The first-order valence-corrected chi connectivity index (χ1v) is 6.70. The minimum absolute atomic E-state index is 0.194. The Hall–Kier alpha value is -2.29. The van der Waals surface area contributed by atoms with Gasteiger partial charge in [-0.05, 0) is 24.3 Å². The first-order valence-electron chi connectivity index (χ1n) is 5.88. The second kappa shape index (κ2) is 6.75. The number of nitrogens with one attached hydrogen (secondary N) is 1. The van der Waals surface area contributed by atoms with Gasteiger partial charge in [0.25, 0.3) is 5.91 Å². The molecule has 1 amide bonds. The maximum absolute atomic E-state index is 12.1. The topological polar surface area (TPSA) is 58.6 Å². The van der Waals surface area contributed by atoms with E-state index in [9.17, 15) is 4.79 Å². The van der Waals surface area contributed by atoms with Gasteiger partial charge >= 0.3 is 0 Å². The fraction of sp³-hybridized carbons (Fsp3) is 0.133. The van der Waals surface area contributed by atoms with E-state index in [0.717, 1.165) is 4.88 Å². The van der Waals surface area contributed by atoms with E-state index in [1.807, 2.05) is 12.1 Å². The molecule has 20 heavy (non-hydrogen) atoms. The van der Waals surface area contributed by atoms with Crippen molar-refractivity contribution in [1.29, 1.82) is 0 Å². The predicted molar refractivity (Wildman–Crippen MR) is 79.2 cm³/mol. The molecule has 5 heteroatoms. The maximum atomic E-state index is 12.1. The van der Waals surface area contributed by atoms with Gasteiger partial charge in [-0.15, -0.1) is 11.3 Å². The molecular weight excluding hydrogens is 274 g/mol. The van der Waals surface area contributed by atoms with E-state index in [-0.39, 0.29) is 12.5 Å². The van der Waals surface area contributed by atoms with Gasteiger partial charge in [0.05, 0.1) is 22.6 Å². The number of aliphatic hydroxyl groups excluding tert-OH is 1. The number of carbonyl (C=O) groups excluding carboxylic acids is 1. The van der Waals surface area contributed by atoms with Crippen molar-refractivity contribution in [1.82, 2.24) is 0 Å². The molecule has 2 aromatic rings. The lowest BCUT2D eigenvalue weighted by Gasteiger charge is -2.08. The third-order valence-corrected chi connectivity index (χ3v) is 3.48. The van der Waals surface area contributed by atoms with Crippen LogP contribution in [0, 0.1) is 11.8 Å². The van der Waals surface area contributed by atoms with E-state index in [1.54, 1.807) is 31.4 Å². The van der Waals surface area contributed by atoms with Crippen LogP contribution in [0.4, 0.5) is 5.69 Å². The zero-order valence-electron chi connectivity index (χ0n) is 10.8. The molecule has 0 spiro atoms. The van der Waals surface area contributed by atoms with Gasteiger partial charge < -0.3 is 15.2 Å². The minimum Gasteiger partial charge on any atom is -0.495 e. The molecule has 0 atom stereocenters. The molecule has 0 saturated carbocycles. The summed E-state index contributed by atoms with van der Waals surface area (Å²) in [7, 11) is 1.55. The molecule has 2 N–H and O–H groups in total. The van der Waals surface area contributed by atoms with E-state index in [4.69, 9.17) is 9.84 Å². The molecule has 0 radical (unpaired) electrons. The Morgan fingerprint density at radius 3 is 2.90 bits per heavy atom. The Balaban J connectivity index is 2.14. The molecular formula is C15H13NO3S. The number of hydrogen-bond acceptors (Lipinski definition) is 4. The normalized spacial score (nSPS) is 9.50. The van der Waals surface area contributed by atoms with Gasteiger partial charge in [0.1, 0.15) is 12.4 Å². The highest BCUT2D eigenvalue weighted by atomic mass is 32.1. The highest BCUT2D eigenvalue weighted by Gasteiger charge is 2.11. The van der Waals surface area contributed by atoms with Crippen LogP contribution in [0.2, 0.25) is 0 Å². The van der Waals surface area contributed by atoms with Crippen LogP contribution in [0.5, 0.6) is 5.75 Å². The number of para-hydroxylation sites is 2. The Kier molecular flexibility index (Phi) is 4.77. The number of benzene rings is 1. The fourth-order valence-corrected chi connectivity index (χ4v) is 2.36. The average molecular weight is 287 g/mol. The van der Waals surface area contributed by atoms with Gasteiger partial charge in [-0.2, -0.15) is 0 Å². The molecule has 102 valence electrons. The van der Waals surface area contributed by atoms with E-state index in [2.05, 4.69) is 17.2 Å². The third kappa shape index (κ3) is 3.38. The molecule has 0 bridgehead atoms. The van der Waals surface area contributed by atoms with E-state index >= 15 is 0 Å². The van der Waals surface area contributed by atoms with Gasteiger partial charge in [-0.25, -0.2) is 0 Å². The summed E-state index contributed by atoms with van der Waals surface area (Å²) in [4.78, 5) is 13.4. The quantitative estimate of drug-likeness (QED) is 0.852. The molecule has 0 unspecified atom stereocenters. The van der Waals surface area contributed by atoms with Gasteiger partial charge in [0, 0.05) is 0 Å². The lowest BCUT2D eigenvalue weighted by Crippen LogP contribution is -2.10. The van der Waals surface area contributed by atoms with E-state index in [1.165, 1.54) is 11.3 Å². The molecule has 0 aliphatic carbocycles. The summed E-state index contributed by atoms with van der Waals surface area (Å²) in [5.41, 5.74) is 0.622. The molecule has 1 aromatic carbocycles. The first-order chi connectivity index (χ1) is 9.74. The second-order valence-corrected chi connectivity index (χ2v) is 4.86. The van der Waals surface area contributed by atoms with Crippen molar-refractivity contribution in [2.45, 2.75) is 0 Å². The molecule has 0 fully saturated rings. The number of rotatable bonds is 3. The van der Waals surface area contributed by atoms with Gasteiger partial charge in [0.15, 0.2) is 0 Å². The van der Waals surface area contributed by atoms with Crippen molar-refractivity contribution in [3.63, 3.8) is 0 Å². The van der Waals surface area contributed by atoms with Gasteiger partial charge in [-0.3, -0.25) is 4.79 Å². The van der Waals surface area contributed by atoms with Gasteiger partial charge in [-0.1, -0.05) is 24.0 Å². The van der Waals surface area contributed by atoms with Crippen molar-refractivity contribution in [3.05, 3.63) is 46.2 Å². The standard InChI is InChI=1S/C15H13NO3S/c1-19-13-7-3-2-6-12(13)16-15(18)14-9-8-11(20-14)5-4-10-17/h2-3,6-9,17H,10H2,1H3,(H,16,18). The molecule has 1 aromatic heterocycles. The summed E-state index contributed by atoms with van der Waals surface area (Å²) in [5, 5.41) is 11.4. The monoisotopic (exact) mass is 287 g/mol. The van der Waals surface area contributed by atoms with E-state index in [0.29, 0.717) is 16.3 Å². The summed E-state index contributed by atoms with van der Waals surface area (Å²) in [6.07, 6.45) is 0. The molecule has 2 rings (SSSR count). The van der Waals surface area contributed by atoms with E-state index < -0.39 is 0 Å². The summed E-state index contributed by atoms with van der Waals surface area (Å²) in [5.74, 6) is 5.72. The number of carbonyl (C=O) groups is 1. The van der Waals surface area contributed by atoms with Crippen molar-refractivity contribution in [2.24, 2.45) is 0 Å². The number of aliphatic hydroxyl groups is 1. The third-order valence-electron chi connectivity index (χ3n) is 2.48. The minimum atomic E-state index is -0.212. The summed E-state index contributed by atoms with van der Waals surface area (Å²) in [6, 6.07) is 10.7. The molecule has 0 saturated heterocycles. The zero-order chi connectivity index (χ0) is 14.4. The molecule has 4 nitrogen and oxygen atoms in total. The fourth-order valence-electron chi connectivity index (χ4n) is 1.59. The lowest BCUT2D eigenvalue weighted by molar-refractivity contribution is 0.103. The van der Waals surface area contributed by atoms with Crippen LogP contribution in [0.15, 0.2) is 36.4 Å². The van der Waals surface area contributed by atoms with Crippen LogP contribution in [0.3, 0.4) is 0 Å². The van der Waals surface area contributed by atoms with Crippen LogP contribution < -0.4 is 10.1 Å². The van der Waals surface area contributed by atoms with Crippen molar-refractivity contribution in [3.8, 4) is 17.6 Å². The average Bonchev–Trinajstić information content (AvgIpc) is 2.94. The lowest BCUT2D eigenvalue weighted by atomic mass is 10.3. The Labute approximate surface area is 121 Å². The molecule has 1 heterocycles. The Bertz CT molecular complexity index is 667. The second-order valence-electron chi connectivity index (χ2n) is 3.78. The number of anilines is 1. The SMILES string of the molecule is COc1ccccc1NC(=O)c1ccc(C#CCO)s1. The number of ether oxygens (including phenoxy) is 1. The highest BCUT2D eigenvalue weighted by Crippen LogP contribution is 2.24. The van der Waals surface area contributed by atoms with Crippen molar-refractivity contribution >= 4 is 22.9 Å². The maximum Gasteiger partial charge on any atom is 0.265 e. The number of methoxy groups -OCH3 is 1. The number of amides is 1. The summed E-state index contributed by atoms with van der Waals surface area (Å²) in [6.45, 7) is -0.194. The Morgan fingerprint density at radius 1 is 1.35 bits per heavy atom. The molecule has 0 aliphatic rings. The highest BCUT2D eigenvalue weighted by molar-refractivity contribution is 7.14.